The van der Waals surface area contributed by atoms with Crippen molar-refractivity contribution in [2.75, 3.05) is 5.32 Å². The zero-order valence-corrected chi connectivity index (χ0v) is 10.2. The Morgan fingerprint density at radius 2 is 2.05 bits per heavy atom. The van der Waals surface area contributed by atoms with Gasteiger partial charge in [0, 0.05) is 24.7 Å². The number of nitrogens with zero attached hydrogens (tertiary/aromatic N) is 2. The number of amides is 1. The molecule has 0 fully saturated rings. The SMILES string of the molecule is O=C(Nc1ccc(F)cc1F)c1cccn2ccnc12. The molecule has 0 aliphatic rings. The molecule has 0 aliphatic carbocycles. The van der Waals surface area contributed by atoms with Crippen molar-refractivity contribution in [1.29, 1.82) is 0 Å². The second-order valence-corrected chi connectivity index (χ2v) is 4.16. The van der Waals surface area contributed by atoms with Crippen molar-refractivity contribution in [2.24, 2.45) is 0 Å². The minimum absolute atomic E-state index is 0.0787. The van der Waals surface area contributed by atoms with Gasteiger partial charge in [-0.3, -0.25) is 4.79 Å². The molecule has 20 heavy (non-hydrogen) atoms. The predicted octanol–water partition coefficient (Wildman–Crippen LogP) is 2.86. The van der Waals surface area contributed by atoms with Gasteiger partial charge in [-0.05, 0) is 24.3 Å². The van der Waals surface area contributed by atoms with Crippen LogP contribution in [0.25, 0.3) is 5.65 Å². The number of benzene rings is 1. The van der Waals surface area contributed by atoms with E-state index in [0.717, 1.165) is 6.07 Å². The Morgan fingerprint density at radius 3 is 2.85 bits per heavy atom. The molecular formula is C14H9F2N3O. The summed E-state index contributed by atoms with van der Waals surface area (Å²) in [7, 11) is 0. The molecule has 0 saturated carbocycles. The first-order chi connectivity index (χ1) is 9.65. The Morgan fingerprint density at radius 1 is 1.20 bits per heavy atom. The van der Waals surface area contributed by atoms with Crippen molar-refractivity contribution in [3.63, 3.8) is 0 Å². The van der Waals surface area contributed by atoms with Crippen molar-refractivity contribution < 1.29 is 13.6 Å². The quantitative estimate of drug-likeness (QED) is 0.780. The van der Waals surface area contributed by atoms with Crippen LogP contribution in [-0.4, -0.2) is 15.3 Å². The molecule has 4 nitrogen and oxygen atoms in total. The minimum atomic E-state index is -0.825. The summed E-state index contributed by atoms with van der Waals surface area (Å²) in [6.07, 6.45) is 5.01. The third-order valence-corrected chi connectivity index (χ3v) is 2.84. The third kappa shape index (κ3) is 2.11. The van der Waals surface area contributed by atoms with E-state index in [1.807, 2.05) is 0 Å². The normalized spacial score (nSPS) is 10.7. The first-order valence-electron chi connectivity index (χ1n) is 5.83. The molecule has 3 aromatic rings. The smallest absolute Gasteiger partial charge is 0.259 e. The van der Waals surface area contributed by atoms with Crippen LogP contribution in [0.2, 0.25) is 0 Å². The largest absolute Gasteiger partial charge is 0.319 e. The molecule has 0 aliphatic heterocycles. The number of fused-ring (bicyclic) bond motifs is 1. The highest BCUT2D eigenvalue weighted by atomic mass is 19.1. The van der Waals surface area contributed by atoms with E-state index < -0.39 is 17.5 Å². The maximum atomic E-state index is 13.5. The van der Waals surface area contributed by atoms with Crippen LogP contribution < -0.4 is 5.32 Å². The van der Waals surface area contributed by atoms with E-state index in [9.17, 15) is 13.6 Å². The fraction of sp³-hybridized carbons (Fsp3) is 0. The summed E-state index contributed by atoms with van der Waals surface area (Å²) in [5, 5.41) is 2.40. The molecular weight excluding hydrogens is 264 g/mol. The average Bonchev–Trinajstić information content (AvgIpc) is 2.90. The second kappa shape index (κ2) is 4.73. The van der Waals surface area contributed by atoms with Crippen LogP contribution in [-0.2, 0) is 0 Å². The molecule has 3 rings (SSSR count). The van der Waals surface area contributed by atoms with Gasteiger partial charge in [-0.25, -0.2) is 13.8 Å². The Bertz CT molecular complexity index is 798. The number of carbonyl (C=O) groups is 1. The van der Waals surface area contributed by atoms with Crippen LogP contribution >= 0.6 is 0 Å². The monoisotopic (exact) mass is 273 g/mol. The molecule has 0 bridgehead atoms. The van der Waals surface area contributed by atoms with E-state index in [0.29, 0.717) is 17.3 Å². The van der Waals surface area contributed by atoms with Gasteiger partial charge in [-0.15, -0.1) is 0 Å². The molecule has 0 spiro atoms. The molecule has 2 heterocycles. The van der Waals surface area contributed by atoms with E-state index in [4.69, 9.17) is 0 Å². The molecule has 0 radical (unpaired) electrons. The molecule has 1 N–H and O–H groups in total. The van der Waals surface area contributed by atoms with Crippen LogP contribution in [0.4, 0.5) is 14.5 Å². The number of anilines is 1. The van der Waals surface area contributed by atoms with Crippen LogP contribution in [0.1, 0.15) is 10.4 Å². The third-order valence-electron chi connectivity index (χ3n) is 2.84. The number of hydrogen-bond acceptors (Lipinski definition) is 2. The van der Waals surface area contributed by atoms with Gasteiger partial charge in [0.1, 0.15) is 17.3 Å². The van der Waals surface area contributed by atoms with Gasteiger partial charge in [0.05, 0.1) is 11.3 Å². The van der Waals surface area contributed by atoms with Crippen molar-refractivity contribution >= 4 is 17.2 Å². The van der Waals surface area contributed by atoms with Gasteiger partial charge >= 0.3 is 0 Å². The molecule has 100 valence electrons. The summed E-state index contributed by atoms with van der Waals surface area (Å²) in [5.41, 5.74) is 0.693. The number of hydrogen-bond donors (Lipinski definition) is 1. The summed E-state index contributed by atoms with van der Waals surface area (Å²) in [4.78, 5) is 16.2. The number of halogens is 2. The van der Waals surface area contributed by atoms with Crippen LogP contribution in [0.5, 0.6) is 0 Å². The Labute approximate surface area is 112 Å². The molecule has 6 heteroatoms. The summed E-state index contributed by atoms with van der Waals surface area (Å²) in [5.74, 6) is -2.03. The highest BCUT2D eigenvalue weighted by Gasteiger charge is 2.13. The molecule has 1 aromatic carbocycles. The van der Waals surface area contributed by atoms with Crippen molar-refractivity contribution in [1.82, 2.24) is 9.38 Å². The Kier molecular flexibility index (Phi) is 2.90. The predicted molar refractivity (Wildman–Crippen MR) is 69.5 cm³/mol. The van der Waals surface area contributed by atoms with Gasteiger partial charge in [-0.2, -0.15) is 0 Å². The van der Waals surface area contributed by atoms with Crippen molar-refractivity contribution in [2.45, 2.75) is 0 Å². The number of pyridine rings is 1. The lowest BCUT2D eigenvalue weighted by molar-refractivity contribution is 0.102. The van der Waals surface area contributed by atoms with Crippen LogP contribution in [0.3, 0.4) is 0 Å². The van der Waals surface area contributed by atoms with E-state index in [1.54, 1.807) is 35.1 Å². The second-order valence-electron chi connectivity index (χ2n) is 4.16. The standard InChI is InChI=1S/C14H9F2N3O/c15-9-3-4-12(11(16)8-9)18-14(20)10-2-1-6-19-7-5-17-13(10)19/h1-8H,(H,18,20). The molecule has 0 unspecified atom stereocenters. The molecule has 0 saturated heterocycles. The number of nitrogens with one attached hydrogen (secondary N) is 1. The van der Waals surface area contributed by atoms with Crippen LogP contribution in [0.15, 0.2) is 48.9 Å². The summed E-state index contributed by atoms with van der Waals surface area (Å²) in [6, 6.07) is 6.23. The lowest BCUT2D eigenvalue weighted by atomic mass is 10.2. The zero-order chi connectivity index (χ0) is 14.1. The fourth-order valence-corrected chi connectivity index (χ4v) is 1.91. The van der Waals surface area contributed by atoms with E-state index in [2.05, 4.69) is 10.3 Å². The number of aromatic nitrogens is 2. The number of rotatable bonds is 2. The van der Waals surface area contributed by atoms with E-state index in [1.165, 1.54) is 6.07 Å². The van der Waals surface area contributed by atoms with Gasteiger partial charge in [0.15, 0.2) is 0 Å². The Balaban J connectivity index is 1.95. The maximum absolute atomic E-state index is 13.5. The lowest BCUT2D eigenvalue weighted by Gasteiger charge is -2.07. The van der Waals surface area contributed by atoms with Crippen molar-refractivity contribution in [3.05, 3.63) is 66.1 Å². The highest BCUT2D eigenvalue weighted by molar-refractivity contribution is 6.08. The highest BCUT2D eigenvalue weighted by Crippen LogP contribution is 2.17. The average molecular weight is 273 g/mol. The van der Waals surface area contributed by atoms with Gasteiger partial charge < -0.3 is 9.72 Å². The van der Waals surface area contributed by atoms with E-state index >= 15 is 0 Å². The van der Waals surface area contributed by atoms with Gasteiger partial charge in [0.2, 0.25) is 0 Å². The fourth-order valence-electron chi connectivity index (χ4n) is 1.91. The first-order valence-corrected chi connectivity index (χ1v) is 5.83. The number of imidazole rings is 1. The Hall–Kier alpha value is -2.76. The molecule has 2 aromatic heterocycles. The number of carbonyl (C=O) groups excluding carboxylic acids is 1. The zero-order valence-electron chi connectivity index (χ0n) is 10.2. The minimum Gasteiger partial charge on any atom is -0.319 e. The first kappa shape index (κ1) is 12.3. The van der Waals surface area contributed by atoms with Crippen LogP contribution in [0, 0.1) is 11.6 Å². The van der Waals surface area contributed by atoms with Gasteiger partial charge in [0.25, 0.3) is 5.91 Å². The maximum Gasteiger partial charge on any atom is 0.259 e. The summed E-state index contributed by atoms with van der Waals surface area (Å²) >= 11 is 0. The molecule has 0 atom stereocenters. The topological polar surface area (TPSA) is 46.4 Å². The van der Waals surface area contributed by atoms with E-state index in [-0.39, 0.29) is 5.69 Å². The molecule has 1 amide bonds. The van der Waals surface area contributed by atoms with Gasteiger partial charge in [-0.1, -0.05) is 0 Å². The lowest BCUT2D eigenvalue weighted by Crippen LogP contribution is -2.14. The summed E-state index contributed by atoms with van der Waals surface area (Å²) in [6.45, 7) is 0. The summed E-state index contributed by atoms with van der Waals surface area (Å²) < 4.78 is 28.0. The van der Waals surface area contributed by atoms with Crippen molar-refractivity contribution in [3.8, 4) is 0 Å².